The molecule has 1 aliphatic carbocycles. The van der Waals surface area contributed by atoms with Crippen LogP contribution in [-0.2, 0) is 15.1 Å². The predicted molar refractivity (Wildman–Crippen MR) is 60.7 cm³/mol. The zero-order valence-electron chi connectivity index (χ0n) is 9.93. The molecule has 0 unspecified atom stereocenters. The molecule has 0 radical (unpaired) electrons. The van der Waals surface area contributed by atoms with E-state index in [1.807, 2.05) is 0 Å². The summed E-state index contributed by atoms with van der Waals surface area (Å²) in [4.78, 5) is 22.4. The van der Waals surface area contributed by atoms with E-state index in [1.165, 1.54) is 13.0 Å². The van der Waals surface area contributed by atoms with Crippen LogP contribution in [0.15, 0.2) is 18.2 Å². The summed E-state index contributed by atoms with van der Waals surface area (Å²) >= 11 is 0. The fourth-order valence-corrected chi connectivity index (χ4v) is 2.00. The third kappa shape index (κ3) is 2.55. The molecular weight excluding hydrogens is 240 g/mol. The predicted octanol–water partition coefficient (Wildman–Crippen LogP) is 2.05. The summed E-state index contributed by atoms with van der Waals surface area (Å²) in [6, 6.07) is 3.30. The Morgan fingerprint density at radius 1 is 1.33 bits per heavy atom. The largest absolute Gasteiger partial charge is 0.346 e. The summed E-state index contributed by atoms with van der Waals surface area (Å²) in [6.45, 7) is 1.32. The number of rotatable bonds is 4. The molecule has 0 aromatic heterocycles. The number of hydrogen-bond donors (Lipinski definition) is 1. The number of carbonyl (C=O) groups excluding carboxylic acids is 2. The van der Waals surface area contributed by atoms with Gasteiger partial charge in [0.1, 0.15) is 17.4 Å². The number of benzene rings is 1. The second kappa shape index (κ2) is 4.48. The van der Waals surface area contributed by atoms with Crippen molar-refractivity contribution in [3.05, 3.63) is 35.4 Å². The van der Waals surface area contributed by atoms with Gasteiger partial charge in [0.2, 0.25) is 5.91 Å². The van der Waals surface area contributed by atoms with Crippen LogP contribution < -0.4 is 5.32 Å². The van der Waals surface area contributed by atoms with Gasteiger partial charge in [-0.1, -0.05) is 6.07 Å². The molecule has 0 spiro atoms. The second-order valence-electron chi connectivity index (χ2n) is 4.63. The lowest BCUT2D eigenvalue weighted by Gasteiger charge is -2.18. The van der Waals surface area contributed by atoms with E-state index in [9.17, 15) is 18.4 Å². The van der Waals surface area contributed by atoms with Crippen molar-refractivity contribution in [1.29, 1.82) is 0 Å². The molecule has 1 aromatic carbocycles. The third-order valence-electron chi connectivity index (χ3n) is 2.98. The minimum atomic E-state index is -0.760. The molecule has 1 aliphatic rings. The van der Waals surface area contributed by atoms with E-state index in [1.54, 1.807) is 0 Å². The van der Waals surface area contributed by atoms with Gasteiger partial charge in [-0.15, -0.1) is 0 Å². The molecule has 1 fully saturated rings. The molecule has 2 rings (SSSR count). The Kier molecular flexibility index (Phi) is 3.15. The summed E-state index contributed by atoms with van der Waals surface area (Å²) < 4.78 is 26.5. The highest BCUT2D eigenvalue weighted by Crippen LogP contribution is 2.46. The van der Waals surface area contributed by atoms with Crippen LogP contribution in [0.25, 0.3) is 0 Å². The molecule has 1 aromatic rings. The van der Waals surface area contributed by atoms with E-state index in [-0.39, 0.29) is 17.8 Å². The zero-order valence-corrected chi connectivity index (χ0v) is 9.93. The minimum Gasteiger partial charge on any atom is -0.346 e. The van der Waals surface area contributed by atoms with Crippen molar-refractivity contribution in [2.45, 2.75) is 31.7 Å². The number of ketones is 1. The van der Waals surface area contributed by atoms with E-state index in [0.717, 1.165) is 12.1 Å². The van der Waals surface area contributed by atoms with Gasteiger partial charge >= 0.3 is 0 Å². The Hall–Kier alpha value is -1.78. The number of carbonyl (C=O) groups is 2. The second-order valence-corrected chi connectivity index (χ2v) is 4.63. The van der Waals surface area contributed by atoms with Gasteiger partial charge in [0.15, 0.2) is 0 Å². The quantitative estimate of drug-likeness (QED) is 0.835. The molecule has 0 heterocycles. The van der Waals surface area contributed by atoms with E-state index in [2.05, 4.69) is 5.32 Å². The molecule has 96 valence electrons. The molecule has 0 aliphatic heterocycles. The molecule has 1 saturated carbocycles. The van der Waals surface area contributed by atoms with Gasteiger partial charge in [0, 0.05) is 11.6 Å². The summed E-state index contributed by atoms with van der Waals surface area (Å²) in [6.07, 6.45) is 0.975. The smallest absolute Gasteiger partial charge is 0.228 e. The Balaban J connectivity index is 2.16. The van der Waals surface area contributed by atoms with E-state index >= 15 is 0 Å². The first kappa shape index (κ1) is 12.7. The topological polar surface area (TPSA) is 46.2 Å². The number of Topliss-reactive ketones (excluding diaryl/α,β-unsaturated/α-hetero) is 1. The lowest BCUT2D eigenvalue weighted by molar-refractivity contribution is -0.127. The van der Waals surface area contributed by atoms with Gasteiger partial charge in [0.05, 0.1) is 12.0 Å². The molecule has 5 heteroatoms. The van der Waals surface area contributed by atoms with Crippen molar-refractivity contribution in [3.8, 4) is 0 Å². The van der Waals surface area contributed by atoms with Crippen molar-refractivity contribution in [3.63, 3.8) is 0 Å². The van der Waals surface area contributed by atoms with E-state index < -0.39 is 23.1 Å². The Morgan fingerprint density at radius 2 is 2.00 bits per heavy atom. The molecule has 1 N–H and O–H groups in total. The minimum absolute atomic E-state index is 0.218. The van der Waals surface area contributed by atoms with Crippen LogP contribution in [-0.4, -0.2) is 11.7 Å². The Bertz CT molecular complexity index is 510. The molecule has 0 saturated heterocycles. The highest BCUT2D eigenvalue weighted by molar-refractivity contribution is 5.97. The van der Waals surface area contributed by atoms with Gasteiger partial charge in [-0.25, -0.2) is 8.78 Å². The van der Waals surface area contributed by atoms with Crippen LogP contribution in [0.1, 0.15) is 31.7 Å². The fourth-order valence-electron chi connectivity index (χ4n) is 2.00. The lowest BCUT2D eigenvalue weighted by atomic mass is 10.0. The molecule has 18 heavy (non-hydrogen) atoms. The third-order valence-corrected chi connectivity index (χ3v) is 2.98. The van der Waals surface area contributed by atoms with Crippen molar-refractivity contribution >= 4 is 11.7 Å². The zero-order chi connectivity index (χ0) is 13.3. The first-order valence-corrected chi connectivity index (χ1v) is 5.69. The molecule has 3 nitrogen and oxygen atoms in total. The Labute approximate surface area is 103 Å². The molecule has 0 atom stereocenters. The van der Waals surface area contributed by atoms with Crippen LogP contribution in [0.3, 0.4) is 0 Å². The average Bonchev–Trinajstić information content (AvgIpc) is 2.96. The molecule has 0 bridgehead atoms. The number of amides is 1. The van der Waals surface area contributed by atoms with Crippen molar-refractivity contribution in [2.24, 2.45) is 0 Å². The average molecular weight is 253 g/mol. The highest BCUT2D eigenvalue weighted by Gasteiger charge is 2.47. The maximum absolute atomic E-state index is 13.6. The number of hydrogen-bond acceptors (Lipinski definition) is 2. The normalized spacial score (nSPS) is 16.2. The number of nitrogens with one attached hydrogen (secondary N) is 1. The van der Waals surface area contributed by atoms with Crippen LogP contribution in [0, 0.1) is 11.6 Å². The lowest BCUT2D eigenvalue weighted by Crippen LogP contribution is -2.36. The van der Waals surface area contributed by atoms with E-state index in [4.69, 9.17) is 0 Å². The highest BCUT2D eigenvalue weighted by atomic mass is 19.1. The Morgan fingerprint density at radius 3 is 2.50 bits per heavy atom. The van der Waals surface area contributed by atoms with Crippen LogP contribution in [0.4, 0.5) is 8.78 Å². The van der Waals surface area contributed by atoms with Gasteiger partial charge in [-0.2, -0.15) is 0 Å². The van der Waals surface area contributed by atoms with Gasteiger partial charge in [-0.05, 0) is 25.8 Å². The summed E-state index contributed by atoms with van der Waals surface area (Å²) in [5.74, 6) is -2.00. The molecular formula is C13H13F2NO2. The maximum atomic E-state index is 13.6. The summed E-state index contributed by atoms with van der Waals surface area (Å²) in [7, 11) is 0. The maximum Gasteiger partial charge on any atom is 0.228 e. The van der Waals surface area contributed by atoms with Crippen LogP contribution in [0.5, 0.6) is 0 Å². The van der Waals surface area contributed by atoms with E-state index in [0.29, 0.717) is 12.8 Å². The monoisotopic (exact) mass is 253 g/mol. The molecule has 1 amide bonds. The fraction of sp³-hybridized carbons (Fsp3) is 0.385. The first-order chi connectivity index (χ1) is 8.43. The first-order valence-electron chi connectivity index (χ1n) is 5.69. The number of halogens is 2. The van der Waals surface area contributed by atoms with Gasteiger partial charge in [0.25, 0.3) is 0 Å². The van der Waals surface area contributed by atoms with Crippen LogP contribution in [0.2, 0.25) is 0 Å². The van der Waals surface area contributed by atoms with Crippen molar-refractivity contribution < 1.29 is 18.4 Å². The summed E-state index contributed by atoms with van der Waals surface area (Å²) in [5.41, 5.74) is -0.481. The van der Waals surface area contributed by atoms with Crippen molar-refractivity contribution in [2.75, 3.05) is 0 Å². The summed E-state index contributed by atoms with van der Waals surface area (Å²) in [5, 5.41) is 2.65. The van der Waals surface area contributed by atoms with Crippen LogP contribution >= 0.6 is 0 Å². The van der Waals surface area contributed by atoms with Gasteiger partial charge < -0.3 is 5.32 Å². The SMILES string of the molecule is CC(=O)CC(=O)NC1(c2ccc(F)cc2F)CC1. The van der Waals surface area contributed by atoms with Crippen molar-refractivity contribution in [1.82, 2.24) is 5.32 Å². The van der Waals surface area contributed by atoms with Gasteiger partial charge in [-0.3, -0.25) is 9.59 Å². The standard InChI is InChI=1S/C13H13F2NO2/c1-8(17)6-12(18)16-13(4-5-13)10-3-2-9(14)7-11(10)15/h2-3,7H,4-6H2,1H3,(H,16,18).